The lowest BCUT2D eigenvalue weighted by Crippen LogP contribution is -2.52. The summed E-state index contributed by atoms with van der Waals surface area (Å²) in [7, 11) is 0. The lowest BCUT2D eigenvalue weighted by Gasteiger charge is -2.30. The topological polar surface area (TPSA) is 435 Å². The summed E-state index contributed by atoms with van der Waals surface area (Å²) in [6.45, 7) is 0.536. The van der Waals surface area contributed by atoms with Crippen LogP contribution >= 0.6 is 0 Å². The molecule has 2 aromatic carbocycles. The number of ether oxygens (including phenoxy) is 5. The van der Waals surface area contributed by atoms with Crippen LogP contribution < -0.4 is 58.9 Å². The molecule has 540 valence electrons. The number of Topliss-reactive ketones (excluding diaryl/α,β-unsaturated/α-hetero) is 1. The van der Waals surface area contributed by atoms with Crippen molar-refractivity contribution < 1.29 is 90.8 Å². The number of benzene rings is 2. The van der Waals surface area contributed by atoms with E-state index in [-0.39, 0.29) is 121 Å². The number of hydrogen-bond acceptors (Lipinski definition) is 19. The summed E-state index contributed by atoms with van der Waals surface area (Å²) < 4.78 is 27.9. The Balaban J connectivity index is 1.10. The summed E-state index contributed by atoms with van der Waals surface area (Å²) in [5.74, 6) is -6.21. The second-order valence-electron chi connectivity index (χ2n) is 23.7. The van der Waals surface area contributed by atoms with E-state index in [9.17, 15) is 67.1 Å². The summed E-state index contributed by atoms with van der Waals surface area (Å²) in [5.41, 5.74) is 6.48. The van der Waals surface area contributed by atoms with Gasteiger partial charge in [0.15, 0.2) is 0 Å². The molecule has 1 aliphatic heterocycles. The van der Waals surface area contributed by atoms with Crippen LogP contribution in [0.15, 0.2) is 72.8 Å². The summed E-state index contributed by atoms with van der Waals surface area (Å²) in [5, 5.41) is 25.4. The van der Waals surface area contributed by atoms with Gasteiger partial charge in [-0.15, -0.1) is 0 Å². The highest BCUT2D eigenvalue weighted by molar-refractivity contribution is 6.12. The number of imide groups is 1. The fourth-order valence-electron chi connectivity index (χ4n) is 10.3. The molecule has 1 aliphatic carbocycles. The maximum atomic E-state index is 13.0. The molecule has 1 fully saturated rings. The smallest absolute Gasteiger partial charge is 0.253 e. The van der Waals surface area contributed by atoms with E-state index in [1.54, 1.807) is 54.6 Å². The molecule has 0 saturated heterocycles. The first kappa shape index (κ1) is 81.4. The molecular formula is C67H98N12O19. The predicted molar refractivity (Wildman–Crippen MR) is 354 cm³/mol. The van der Waals surface area contributed by atoms with Gasteiger partial charge in [0.05, 0.1) is 78.9 Å². The summed E-state index contributed by atoms with van der Waals surface area (Å²) in [4.78, 5) is 173. The molecule has 0 spiro atoms. The third-order valence-electron chi connectivity index (χ3n) is 15.6. The van der Waals surface area contributed by atoms with Crippen LogP contribution in [0.25, 0.3) is 0 Å². The molecule has 2 aliphatic rings. The van der Waals surface area contributed by atoms with Crippen molar-refractivity contribution in [2.75, 3.05) is 112 Å². The minimum absolute atomic E-state index is 0.00604. The zero-order chi connectivity index (χ0) is 71.1. The molecule has 1 saturated carbocycles. The van der Waals surface area contributed by atoms with Crippen LogP contribution in [0, 0.1) is 11.8 Å². The summed E-state index contributed by atoms with van der Waals surface area (Å²) >= 11 is 0. The quantitative estimate of drug-likeness (QED) is 0.0204. The number of unbranched alkanes of at least 4 members (excludes halogenated alkanes) is 2. The Morgan fingerprint density at radius 2 is 0.918 bits per heavy atom. The van der Waals surface area contributed by atoms with E-state index in [1.165, 1.54) is 24.0 Å². The Kier molecular flexibility index (Phi) is 40.4. The first-order chi connectivity index (χ1) is 47.2. The normalized spacial score (nSPS) is 15.0. The van der Waals surface area contributed by atoms with Gasteiger partial charge in [-0.25, -0.2) is 0 Å². The molecule has 1 unspecified atom stereocenters. The number of nitrogens with one attached hydrogen (secondary N) is 10. The van der Waals surface area contributed by atoms with Crippen LogP contribution in [0.2, 0.25) is 0 Å². The van der Waals surface area contributed by atoms with Gasteiger partial charge in [-0.2, -0.15) is 0 Å². The van der Waals surface area contributed by atoms with E-state index < -0.39 is 104 Å². The van der Waals surface area contributed by atoms with Gasteiger partial charge in [-0.05, 0) is 81.3 Å². The average Bonchev–Trinajstić information content (AvgIpc) is 1.61. The Morgan fingerprint density at radius 1 is 0.469 bits per heavy atom. The van der Waals surface area contributed by atoms with Crippen molar-refractivity contribution in [3.63, 3.8) is 0 Å². The van der Waals surface area contributed by atoms with E-state index >= 15 is 0 Å². The minimum atomic E-state index is -1.12. The monoisotopic (exact) mass is 1370 g/mol. The molecule has 0 radical (unpaired) electrons. The third-order valence-corrected chi connectivity index (χ3v) is 15.6. The van der Waals surface area contributed by atoms with E-state index in [0.717, 1.165) is 63.4 Å². The van der Waals surface area contributed by atoms with E-state index in [4.69, 9.17) is 29.4 Å². The Bertz CT molecular complexity index is 2900. The third kappa shape index (κ3) is 38.0. The van der Waals surface area contributed by atoms with E-state index in [0.29, 0.717) is 50.5 Å². The fraction of sp³-hybridized carbons (Fsp3) is 0.582. The second-order valence-corrected chi connectivity index (χ2v) is 23.7. The van der Waals surface area contributed by atoms with Gasteiger partial charge in [-0.3, -0.25) is 72.0 Å². The summed E-state index contributed by atoms with van der Waals surface area (Å²) in [6, 6.07) is 15.8. The minimum Gasteiger partial charge on any atom is -0.379 e. The van der Waals surface area contributed by atoms with Gasteiger partial charge in [0.25, 0.3) is 11.8 Å². The van der Waals surface area contributed by atoms with Crippen LogP contribution in [-0.4, -0.2) is 218 Å². The molecule has 31 heteroatoms. The van der Waals surface area contributed by atoms with Crippen molar-refractivity contribution in [2.24, 2.45) is 17.6 Å². The highest BCUT2D eigenvalue weighted by Crippen LogP contribution is 2.31. The largest absolute Gasteiger partial charge is 0.379 e. The average molecular weight is 1380 g/mol. The maximum Gasteiger partial charge on any atom is 0.253 e. The van der Waals surface area contributed by atoms with Crippen molar-refractivity contribution >= 4 is 82.6 Å². The first-order valence-corrected chi connectivity index (χ1v) is 33.3. The second kappa shape index (κ2) is 48.6. The predicted octanol–water partition coefficient (Wildman–Crippen LogP) is -1.51. The van der Waals surface area contributed by atoms with Crippen molar-refractivity contribution in [2.45, 2.75) is 128 Å². The van der Waals surface area contributed by atoms with Gasteiger partial charge in [0.2, 0.25) is 65.0 Å². The molecule has 2 aromatic rings. The van der Waals surface area contributed by atoms with Crippen LogP contribution in [0.5, 0.6) is 0 Å². The van der Waals surface area contributed by atoms with Crippen molar-refractivity contribution in [3.8, 4) is 0 Å². The number of nitrogens with two attached hydrogens (primary N) is 1. The lowest BCUT2D eigenvalue weighted by atomic mass is 9.81. The van der Waals surface area contributed by atoms with Crippen LogP contribution in [0.4, 0.5) is 0 Å². The molecular weight excluding hydrogens is 1280 g/mol. The molecule has 0 aromatic heterocycles. The first-order valence-electron chi connectivity index (χ1n) is 33.3. The standard InChI is InChI=1S/C67H98N12O19/c1-47(80)39-73-66(92)53(37-50-11-5-2-6-12-50)77-62(88)43-71-59(85)40-69-56(82)26-31-96-35-33-94-29-24-49(17-16-48-18-20-52(21-19-48)76-58(84)15-9-4-10-28-79-64(90)22-23-65(79)91)25-30-95-34-36-97-32-27-57(83)70-41-60(86)72-44-63(89)78-54(38-51-13-7-3-8-14-51)67(93)74-42-61(87)75-46-98-45-55(68)81/h2-3,5-8,11-14,22-23,48-49,52-54H,4,9-10,15-21,24-46H2,1H3,(H2,68,81)(H,69,82)(H,70,83)(H,71,85)(H,72,86)(H,73,92)(H,74,93)(H,75,87)(H,76,84)(H,77,88)(H,78,89)/t48?,49?,52?,53-,54-/m0/s1. The van der Waals surface area contributed by atoms with Crippen molar-refractivity contribution in [1.82, 2.24) is 58.1 Å². The van der Waals surface area contributed by atoms with Gasteiger partial charge in [0, 0.05) is 70.1 Å². The van der Waals surface area contributed by atoms with Crippen molar-refractivity contribution in [1.29, 1.82) is 0 Å². The number of nitrogens with zero attached hydrogens (tertiary/aromatic N) is 1. The number of rotatable bonds is 52. The Labute approximate surface area is 570 Å². The molecule has 4 rings (SSSR count). The lowest BCUT2D eigenvalue weighted by molar-refractivity contribution is -0.137. The molecule has 0 bridgehead atoms. The van der Waals surface area contributed by atoms with E-state index in [1.807, 2.05) is 6.07 Å². The zero-order valence-electron chi connectivity index (χ0n) is 55.9. The molecule has 12 N–H and O–H groups in total. The Hall–Kier alpha value is -9.04. The number of ketones is 1. The van der Waals surface area contributed by atoms with E-state index in [2.05, 4.69) is 53.2 Å². The Morgan fingerprint density at radius 3 is 1.41 bits per heavy atom. The highest BCUT2D eigenvalue weighted by Gasteiger charge is 2.27. The molecule has 98 heavy (non-hydrogen) atoms. The van der Waals surface area contributed by atoms with Crippen molar-refractivity contribution in [3.05, 3.63) is 83.9 Å². The highest BCUT2D eigenvalue weighted by atomic mass is 16.5. The van der Waals surface area contributed by atoms with Gasteiger partial charge < -0.3 is 82.6 Å². The van der Waals surface area contributed by atoms with Crippen LogP contribution in [0.3, 0.4) is 0 Å². The molecule has 1 heterocycles. The van der Waals surface area contributed by atoms with Gasteiger partial charge >= 0.3 is 0 Å². The van der Waals surface area contributed by atoms with Crippen LogP contribution in [0.1, 0.15) is 108 Å². The molecule has 3 atom stereocenters. The van der Waals surface area contributed by atoms with Gasteiger partial charge in [0.1, 0.15) is 31.2 Å². The fourth-order valence-corrected chi connectivity index (χ4v) is 10.3. The molecule has 31 nitrogen and oxygen atoms in total. The number of carbonyl (C=O) groups is 14. The van der Waals surface area contributed by atoms with Crippen LogP contribution in [-0.2, 0) is 104 Å². The SMILES string of the molecule is CC(=O)CNC(=O)[C@H](Cc1ccccc1)NC(=O)CNC(=O)CNC(=O)CCOCCOCCC(CCOCCOCCC(=O)NCC(=O)NCC(=O)N[C@@H](Cc1ccccc1)C(=O)NCC(=O)NCOCC(N)=O)CCC1CCC(NC(=O)CCCCCN2C(=O)C=CC2=O)CC1. The zero-order valence-corrected chi connectivity index (χ0v) is 55.9. The number of amides is 13. The number of hydrogen-bond donors (Lipinski definition) is 11. The number of carbonyl (C=O) groups excluding carboxylic acids is 14. The molecule has 13 amide bonds. The van der Waals surface area contributed by atoms with Gasteiger partial charge in [-0.1, -0.05) is 79.9 Å². The summed E-state index contributed by atoms with van der Waals surface area (Å²) in [6.07, 6.45) is 12.3. The number of primary amides is 1. The maximum absolute atomic E-state index is 13.0.